The molecule has 2 N–H and O–H groups in total. The molecule has 6 nitrogen and oxygen atoms in total. The van der Waals surface area contributed by atoms with E-state index in [4.69, 9.17) is 5.21 Å². The van der Waals surface area contributed by atoms with Crippen LogP contribution in [0.2, 0.25) is 0 Å². The Labute approximate surface area is 84.2 Å². The molecule has 1 aromatic heterocycles. The normalized spacial score (nSPS) is 11.1. The zero-order valence-electron chi connectivity index (χ0n) is 7.64. The summed E-state index contributed by atoms with van der Waals surface area (Å²) in [5.74, 6) is 0. The van der Waals surface area contributed by atoms with Gasteiger partial charge in [0.1, 0.15) is 11.4 Å². The summed E-state index contributed by atoms with van der Waals surface area (Å²) >= 11 is 1.22. The van der Waals surface area contributed by atoms with E-state index >= 15 is 0 Å². The molecule has 0 bridgehead atoms. The van der Waals surface area contributed by atoms with Crippen molar-refractivity contribution < 1.29 is 14.7 Å². The fourth-order valence-corrected chi connectivity index (χ4v) is 1.43. The highest BCUT2D eigenvalue weighted by Crippen LogP contribution is 2.15. The predicted molar refractivity (Wildman–Crippen MR) is 52.1 cm³/mol. The third kappa shape index (κ3) is 2.43. The molecule has 0 aromatic carbocycles. The molecule has 1 heterocycles. The van der Waals surface area contributed by atoms with E-state index in [1.807, 2.05) is 0 Å². The number of nitrogens with zero attached hydrogens (tertiary/aromatic N) is 2. The van der Waals surface area contributed by atoms with Crippen molar-refractivity contribution in [3.8, 4) is 0 Å². The lowest BCUT2D eigenvalue weighted by atomic mass is 10.3. The molecule has 0 aliphatic heterocycles. The number of aromatic nitrogens is 1. The van der Waals surface area contributed by atoms with Crippen molar-refractivity contribution in [2.75, 3.05) is 12.4 Å². The number of ether oxygens (including phenoxy) is 1. The van der Waals surface area contributed by atoms with Crippen molar-refractivity contribution in [1.29, 1.82) is 0 Å². The van der Waals surface area contributed by atoms with E-state index in [0.29, 0.717) is 16.5 Å². The second-order valence-corrected chi connectivity index (χ2v) is 3.20. The zero-order valence-corrected chi connectivity index (χ0v) is 8.46. The number of anilines is 1. The van der Waals surface area contributed by atoms with Crippen LogP contribution in [-0.4, -0.2) is 29.1 Å². The van der Waals surface area contributed by atoms with E-state index < -0.39 is 6.09 Å². The SMILES string of the molecule is COC(=O)Nc1nc(C(C)=NO)cs1. The summed E-state index contributed by atoms with van der Waals surface area (Å²) in [6.45, 7) is 1.61. The fourth-order valence-electron chi connectivity index (χ4n) is 0.687. The standard InChI is InChI=1S/C7H9N3O3S/c1-4(10-12)5-3-14-6(8-5)9-7(11)13-2/h3,12H,1-2H3,(H,8,9,11). The predicted octanol–water partition coefficient (Wildman–Crippen LogP) is 1.52. The molecule has 14 heavy (non-hydrogen) atoms. The van der Waals surface area contributed by atoms with Crippen molar-refractivity contribution in [2.45, 2.75) is 6.92 Å². The van der Waals surface area contributed by atoms with Gasteiger partial charge in [-0.05, 0) is 6.92 Å². The number of methoxy groups -OCH3 is 1. The van der Waals surface area contributed by atoms with Gasteiger partial charge >= 0.3 is 6.09 Å². The maximum atomic E-state index is 10.8. The lowest BCUT2D eigenvalue weighted by Gasteiger charge is -1.97. The lowest BCUT2D eigenvalue weighted by molar-refractivity contribution is 0.187. The number of thiazole rings is 1. The Bertz CT molecular complexity index is 361. The smallest absolute Gasteiger partial charge is 0.413 e. The number of oxime groups is 1. The van der Waals surface area contributed by atoms with Crippen molar-refractivity contribution in [1.82, 2.24) is 4.98 Å². The van der Waals surface area contributed by atoms with Crippen molar-refractivity contribution in [3.05, 3.63) is 11.1 Å². The number of rotatable bonds is 2. The van der Waals surface area contributed by atoms with Gasteiger partial charge in [-0.1, -0.05) is 5.16 Å². The van der Waals surface area contributed by atoms with E-state index in [1.165, 1.54) is 18.4 Å². The summed E-state index contributed by atoms with van der Waals surface area (Å²) in [6.07, 6.45) is -0.579. The molecule has 0 radical (unpaired) electrons. The molecule has 0 saturated carbocycles. The highest BCUT2D eigenvalue weighted by molar-refractivity contribution is 7.14. The minimum Gasteiger partial charge on any atom is -0.453 e. The number of hydrogen-bond acceptors (Lipinski definition) is 6. The topological polar surface area (TPSA) is 83.8 Å². The second kappa shape index (κ2) is 4.56. The molecule has 0 unspecified atom stereocenters. The molecular formula is C7H9N3O3S. The van der Waals surface area contributed by atoms with Crippen LogP contribution in [0.1, 0.15) is 12.6 Å². The summed E-state index contributed by atoms with van der Waals surface area (Å²) in [7, 11) is 1.27. The monoisotopic (exact) mass is 215 g/mol. The van der Waals surface area contributed by atoms with Crippen LogP contribution in [0.3, 0.4) is 0 Å². The first-order valence-corrected chi connectivity index (χ1v) is 4.55. The summed E-state index contributed by atoms with van der Waals surface area (Å²) in [4.78, 5) is 14.8. The molecule has 76 valence electrons. The minimum absolute atomic E-state index is 0.388. The van der Waals surface area contributed by atoms with Gasteiger partial charge in [0.2, 0.25) is 0 Å². The first kappa shape index (κ1) is 10.5. The maximum absolute atomic E-state index is 10.8. The third-order valence-corrected chi connectivity index (χ3v) is 2.18. The lowest BCUT2D eigenvalue weighted by Crippen LogP contribution is -2.10. The zero-order chi connectivity index (χ0) is 10.6. The quantitative estimate of drug-likeness (QED) is 0.445. The molecule has 0 aliphatic carbocycles. The molecule has 0 fully saturated rings. The summed E-state index contributed by atoms with van der Waals surface area (Å²) in [6, 6.07) is 0. The van der Waals surface area contributed by atoms with E-state index in [0.717, 1.165) is 0 Å². The first-order chi connectivity index (χ1) is 6.67. The molecule has 0 aliphatic rings. The largest absolute Gasteiger partial charge is 0.453 e. The Morgan fingerprint density at radius 2 is 2.50 bits per heavy atom. The van der Waals surface area contributed by atoms with Crippen LogP contribution in [-0.2, 0) is 4.74 Å². The number of amides is 1. The Balaban J connectivity index is 2.73. The second-order valence-electron chi connectivity index (χ2n) is 2.34. The van der Waals surface area contributed by atoms with Crippen LogP contribution in [0, 0.1) is 0 Å². The van der Waals surface area contributed by atoms with E-state index in [2.05, 4.69) is 20.2 Å². The van der Waals surface area contributed by atoms with Gasteiger partial charge in [0.15, 0.2) is 5.13 Å². The molecule has 7 heteroatoms. The third-order valence-electron chi connectivity index (χ3n) is 1.42. The van der Waals surface area contributed by atoms with Gasteiger partial charge in [-0.15, -0.1) is 11.3 Å². The van der Waals surface area contributed by atoms with Gasteiger partial charge < -0.3 is 9.94 Å². The Kier molecular flexibility index (Phi) is 3.41. The Morgan fingerprint density at radius 3 is 3.07 bits per heavy atom. The number of carbonyl (C=O) groups is 1. The van der Waals surface area contributed by atoms with Crippen LogP contribution >= 0.6 is 11.3 Å². The number of carbonyl (C=O) groups excluding carboxylic acids is 1. The minimum atomic E-state index is -0.579. The van der Waals surface area contributed by atoms with Crippen LogP contribution in [0.4, 0.5) is 9.93 Å². The van der Waals surface area contributed by atoms with Crippen LogP contribution in [0.5, 0.6) is 0 Å². The van der Waals surface area contributed by atoms with E-state index in [-0.39, 0.29) is 0 Å². The van der Waals surface area contributed by atoms with Gasteiger partial charge in [-0.3, -0.25) is 5.32 Å². The van der Waals surface area contributed by atoms with Crippen LogP contribution < -0.4 is 5.32 Å². The summed E-state index contributed by atoms with van der Waals surface area (Å²) in [5, 5.41) is 15.9. The Morgan fingerprint density at radius 1 is 1.79 bits per heavy atom. The van der Waals surface area contributed by atoms with Crippen LogP contribution in [0.15, 0.2) is 10.5 Å². The van der Waals surface area contributed by atoms with Gasteiger partial charge in [0, 0.05) is 5.38 Å². The van der Waals surface area contributed by atoms with Gasteiger partial charge in [-0.25, -0.2) is 9.78 Å². The first-order valence-electron chi connectivity index (χ1n) is 3.67. The number of hydrogen-bond donors (Lipinski definition) is 2. The fraction of sp³-hybridized carbons (Fsp3) is 0.286. The molecular weight excluding hydrogens is 206 g/mol. The van der Waals surface area contributed by atoms with Crippen molar-refractivity contribution >= 4 is 28.3 Å². The molecule has 1 amide bonds. The highest BCUT2D eigenvalue weighted by atomic mass is 32.1. The number of nitrogens with one attached hydrogen (secondary N) is 1. The van der Waals surface area contributed by atoms with Crippen molar-refractivity contribution in [2.24, 2.45) is 5.16 Å². The van der Waals surface area contributed by atoms with Crippen molar-refractivity contribution in [3.63, 3.8) is 0 Å². The van der Waals surface area contributed by atoms with Gasteiger partial charge in [0.25, 0.3) is 0 Å². The van der Waals surface area contributed by atoms with E-state index in [9.17, 15) is 4.79 Å². The van der Waals surface area contributed by atoms with Gasteiger partial charge in [-0.2, -0.15) is 0 Å². The molecule has 1 rings (SSSR count). The average molecular weight is 215 g/mol. The maximum Gasteiger partial charge on any atom is 0.413 e. The van der Waals surface area contributed by atoms with Gasteiger partial charge in [0.05, 0.1) is 7.11 Å². The molecule has 1 aromatic rings. The Hall–Kier alpha value is -1.63. The summed E-state index contributed by atoms with van der Waals surface area (Å²) < 4.78 is 4.39. The van der Waals surface area contributed by atoms with E-state index in [1.54, 1.807) is 12.3 Å². The summed E-state index contributed by atoms with van der Waals surface area (Å²) in [5.41, 5.74) is 0.906. The molecule has 0 spiro atoms. The highest BCUT2D eigenvalue weighted by Gasteiger charge is 2.07. The molecule has 0 saturated heterocycles. The average Bonchev–Trinajstić information content (AvgIpc) is 2.65. The van der Waals surface area contributed by atoms with Crippen LogP contribution in [0.25, 0.3) is 0 Å². The molecule has 0 atom stereocenters.